The summed E-state index contributed by atoms with van der Waals surface area (Å²) in [4.78, 5) is 10.9. The van der Waals surface area contributed by atoms with Crippen LogP contribution in [0.1, 0.15) is 51.4 Å². The maximum atomic E-state index is 10.9. The molecule has 0 aromatic rings. The molecule has 0 aromatic carbocycles. The van der Waals surface area contributed by atoms with Gasteiger partial charge < -0.3 is 10.4 Å². The monoisotopic (exact) mass is 211 g/mol. The van der Waals surface area contributed by atoms with E-state index in [1.807, 2.05) is 0 Å². The number of carbonyl (C=O) groups is 1. The Bertz CT molecular complexity index is 214. The van der Waals surface area contributed by atoms with E-state index in [-0.39, 0.29) is 6.04 Å². The van der Waals surface area contributed by atoms with Gasteiger partial charge in [-0.1, -0.05) is 32.1 Å². The van der Waals surface area contributed by atoms with Gasteiger partial charge in [0, 0.05) is 6.04 Å². The molecular weight excluding hydrogens is 190 g/mol. The summed E-state index contributed by atoms with van der Waals surface area (Å²) in [5.74, 6) is -0.0521. The zero-order chi connectivity index (χ0) is 10.7. The SMILES string of the molecule is O=C(O)C1CC2CCCCCCCC2N1. The van der Waals surface area contributed by atoms with Gasteiger partial charge in [0.1, 0.15) is 6.04 Å². The van der Waals surface area contributed by atoms with Crippen molar-refractivity contribution in [2.45, 2.75) is 63.5 Å². The average Bonchev–Trinajstić information content (AvgIpc) is 2.61. The number of carboxylic acid groups (broad SMARTS) is 1. The molecule has 3 atom stereocenters. The van der Waals surface area contributed by atoms with Crippen LogP contribution in [0.4, 0.5) is 0 Å². The van der Waals surface area contributed by atoms with E-state index in [1.165, 1.54) is 44.9 Å². The van der Waals surface area contributed by atoms with Crippen LogP contribution in [0.25, 0.3) is 0 Å². The Hall–Kier alpha value is -0.570. The van der Waals surface area contributed by atoms with Crippen LogP contribution in [0.5, 0.6) is 0 Å². The van der Waals surface area contributed by atoms with Gasteiger partial charge in [-0.3, -0.25) is 4.79 Å². The molecule has 3 nitrogen and oxygen atoms in total. The Balaban J connectivity index is 1.94. The van der Waals surface area contributed by atoms with Crippen molar-refractivity contribution in [2.75, 3.05) is 0 Å². The first-order valence-corrected chi connectivity index (χ1v) is 6.26. The average molecular weight is 211 g/mol. The lowest BCUT2D eigenvalue weighted by atomic mass is 9.91. The van der Waals surface area contributed by atoms with Crippen LogP contribution in [0.3, 0.4) is 0 Å². The molecular formula is C12H21NO2. The first kappa shape index (κ1) is 10.9. The molecule has 1 heterocycles. The van der Waals surface area contributed by atoms with Crippen LogP contribution in [-0.2, 0) is 4.79 Å². The van der Waals surface area contributed by atoms with Crippen molar-refractivity contribution in [1.29, 1.82) is 0 Å². The molecule has 2 fully saturated rings. The fourth-order valence-corrected chi connectivity index (χ4v) is 3.04. The van der Waals surface area contributed by atoms with Crippen molar-refractivity contribution in [3.8, 4) is 0 Å². The molecule has 0 radical (unpaired) electrons. The fourth-order valence-electron chi connectivity index (χ4n) is 3.04. The zero-order valence-electron chi connectivity index (χ0n) is 9.24. The summed E-state index contributed by atoms with van der Waals surface area (Å²) < 4.78 is 0. The van der Waals surface area contributed by atoms with Crippen LogP contribution in [0, 0.1) is 5.92 Å². The summed E-state index contributed by atoms with van der Waals surface area (Å²) in [6, 6.07) is 0.198. The largest absolute Gasteiger partial charge is 0.480 e. The van der Waals surface area contributed by atoms with Gasteiger partial charge in [-0.25, -0.2) is 0 Å². The van der Waals surface area contributed by atoms with Crippen LogP contribution in [0.15, 0.2) is 0 Å². The number of aliphatic carboxylic acids is 1. The number of carboxylic acids is 1. The molecule has 2 aliphatic rings. The minimum absolute atomic E-state index is 0.278. The first-order valence-electron chi connectivity index (χ1n) is 6.26. The third kappa shape index (κ3) is 2.71. The van der Waals surface area contributed by atoms with Crippen molar-refractivity contribution < 1.29 is 9.90 Å². The minimum Gasteiger partial charge on any atom is -0.480 e. The highest BCUT2D eigenvalue weighted by Gasteiger charge is 2.36. The lowest BCUT2D eigenvalue weighted by molar-refractivity contribution is -0.139. The van der Waals surface area contributed by atoms with E-state index < -0.39 is 5.97 Å². The molecule has 15 heavy (non-hydrogen) atoms. The van der Waals surface area contributed by atoms with Gasteiger partial charge in [0.15, 0.2) is 0 Å². The van der Waals surface area contributed by atoms with Gasteiger partial charge in [-0.2, -0.15) is 0 Å². The molecule has 3 unspecified atom stereocenters. The van der Waals surface area contributed by atoms with Gasteiger partial charge in [-0.15, -0.1) is 0 Å². The highest BCUT2D eigenvalue weighted by molar-refractivity contribution is 5.74. The van der Waals surface area contributed by atoms with E-state index in [2.05, 4.69) is 5.32 Å². The van der Waals surface area contributed by atoms with Gasteiger partial charge >= 0.3 is 5.97 Å². The molecule has 1 aliphatic heterocycles. The molecule has 0 bridgehead atoms. The Morgan fingerprint density at radius 1 is 1.07 bits per heavy atom. The normalized spacial score (nSPS) is 37.5. The van der Waals surface area contributed by atoms with Crippen LogP contribution < -0.4 is 5.32 Å². The van der Waals surface area contributed by atoms with E-state index in [4.69, 9.17) is 5.11 Å². The third-order valence-corrected chi connectivity index (χ3v) is 3.91. The summed E-state index contributed by atoms with van der Waals surface area (Å²) in [6.45, 7) is 0. The summed E-state index contributed by atoms with van der Waals surface area (Å²) >= 11 is 0. The Kier molecular flexibility index (Phi) is 3.62. The Morgan fingerprint density at radius 2 is 1.73 bits per heavy atom. The van der Waals surface area contributed by atoms with Crippen LogP contribution in [-0.4, -0.2) is 23.2 Å². The summed E-state index contributed by atoms with van der Waals surface area (Å²) in [5, 5.41) is 12.3. The molecule has 1 saturated carbocycles. The number of fused-ring (bicyclic) bond motifs is 1. The molecule has 3 heteroatoms. The van der Waals surface area contributed by atoms with Crippen molar-refractivity contribution >= 4 is 5.97 Å². The summed E-state index contributed by atoms with van der Waals surface area (Å²) in [7, 11) is 0. The number of rotatable bonds is 1. The molecule has 2 rings (SSSR count). The van der Waals surface area contributed by atoms with Gasteiger partial charge in [0.25, 0.3) is 0 Å². The number of nitrogens with one attached hydrogen (secondary N) is 1. The maximum absolute atomic E-state index is 10.9. The van der Waals surface area contributed by atoms with Crippen LogP contribution >= 0.6 is 0 Å². The molecule has 1 aliphatic carbocycles. The van der Waals surface area contributed by atoms with Gasteiger partial charge in [-0.05, 0) is 25.2 Å². The van der Waals surface area contributed by atoms with Crippen LogP contribution in [0.2, 0.25) is 0 Å². The van der Waals surface area contributed by atoms with Crippen molar-refractivity contribution in [3.63, 3.8) is 0 Å². The lowest BCUT2D eigenvalue weighted by Crippen LogP contribution is -2.36. The second-order valence-electron chi connectivity index (χ2n) is 5.00. The summed E-state index contributed by atoms with van der Waals surface area (Å²) in [6.07, 6.45) is 9.82. The number of hydrogen-bond donors (Lipinski definition) is 2. The third-order valence-electron chi connectivity index (χ3n) is 3.91. The molecule has 2 N–H and O–H groups in total. The van der Waals surface area contributed by atoms with E-state index in [9.17, 15) is 4.79 Å². The van der Waals surface area contributed by atoms with E-state index in [1.54, 1.807) is 0 Å². The fraction of sp³-hybridized carbons (Fsp3) is 0.917. The predicted octanol–water partition coefficient (Wildman–Crippen LogP) is 2.16. The van der Waals surface area contributed by atoms with E-state index in [0.29, 0.717) is 12.0 Å². The quantitative estimate of drug-likeness (QED) is 0.698. The topological polar surface area (TPSA) is 49.3 Å². The Labute approximate surface area is 91.2 Å². The highest BCUT2D eigenvalue weighted by Crippen LogP contribution is 2.30. The van der Waals surface area contributed by atoms with Crippen molar-refractivity contribution in [2.24, 2.45) is 5.92 Å². The predicted molar refractivity (Wildman–Crippen MR) is 58.8 cm³/mol. The standard InChI is InChI=1S/C12H21NO2/c14-12(15)11-8-9-6-4-2-1-3-5-7-10(9)13-11/h9-11,13H,1-8H2,(H,14,15). The first-order chi connectivity index (χ1) is 7.27. The van der Waals surface area contributed by atoms with Crippen molar-refractivity contribution in [1.82, 2.24) is 5.32 Å². The molecule has 0 amide bonds. The van der Waals surface area contributed by atoms with Gasteiger partial charge in [0.2, 0.25) is 0 Å². The maximum Gasteiger partial charge on any atom is 0.320 e. The molecule has 1 saturated heterocycles. The highest BCUT2D eigenvalue weighted by atomic mass is 16.4. The lowest BCUT2D eigenvalue weighted by Gasteiger charge is -2.17. The second kappa shape index (κ2) is 4.97. The van der Waals surface area contributed by atoms with Gasteiger partial charge in [0.05, 0.1) is 0 Å². The zero-order valence-corrected chi connectivity index (χ0v) is 9.24. The van der Waals surface area contributed by atoms with E-state index in [0.717, 1.165) is 6.42 Å². The number of hydrogen-bond acceptors (Lipinski definition) is 2. The Morgan fingerprint density at radius 3 is 2.47 bits per heavy atom. The molecule has 0 spiro atoms. The molecule has 86 valence electrons. The smallest absolute Gasteiger partial charge is 0.320 e. The second-order valence-corrected chi connectivity index (χ2v) is 5.00. The van der Waals surface area contributed by atoms with Crippen molar-refractivity contribution in [3.05, 3.63) is 0 Å². The minimum atomic E-state index is -0.667. The summed E-state index contributed by atoms with van der Waals surface area (Å²) in [5.41, 5.74) is 0. The molecule has 0 aromatic heterocycles. The van der Waals surface area contributed by atoms with E-state index >= 15 is 0 Å².